The largest absolute Gasteiger partial charge is 0.497 e. The summed E-state index contributed by atoms with van der Waals surface area (Å²) in [6, 6.07) is 8.64. The van der Waals surface area contributed by atoms with Gasteiger partial charge < -0.3 is 19.9 Å². The van der Waals surface area contributed by atoms with Crippen LogP contribution in [0.5, 0.6) is 5.75 Å². The number of aromatic nitrogens is 2. The van der Waals surface area contributed by atoms with E-state index in [4.69, 9.17) is 4.74 Å². The normalized spacial score (nSPS) is 14.1. The number of hydrogen-bond donors (Lipinski definition) is 1. The highest BCUT2D eigenvalue weighted by Gasteiger charge is 2.26. The number of benzene rings is 1. The molecule has 2 amide bonds. The number of methoxy groups -OCH3 is 1. The van der Waals surface area contributed by atoms with Crippen LogP contribution >= 0.6 is 0 Å². The Bertz CT molecular complexity index is 745. The van der Waals surface area contributed by atoms with Crippen molar-refractivity contribution in [3.63, 3.8) is 0 Å². The fraction of sp³-hybridized carbons (Fsp3) is 0.294. The molecule has 1 aliphatic heterocycles. The summed E-state index contributed by atoms with van der Waals surface area (Å²) < 4.78 is 5.10. The molecule has 1 saturated heterocycles. The highest BCUT2D eigenvalue weighted by molar-refractivity contribution is 6.39. The second-order valence-electron chi connectivity index (χ2n) is 5.51. The van der Waals surface area contributed by atoms with Crippen LogP contribution in [0, 0.1) is 0 Å². The minimum absolute atomic E-state index is 0.447. The number of rotatable bonds is 3. The molecule has 8 nitrogen and oxygen atoms in total. The summed E-state index contributed by atoms with van der Waals surface area (Å²) in [5.74, 6) is 0.0475. The van der Waals surface area contributed by atoms with E-state index in [0.29, 0.717) is 43.6 Å². The molecule has 2 aromatic rings. The summed E-state index contributed by atoms with van der Waals surface area (Å²) in [6.45, 7) is 2.07. The predicted molar refractivity (Wildman–Crippen MR) is 92.4 cm³/mol. The van der Waals surface area contributed by atoms with E-state index in [1.165, 1.54) is 4.90 Å². The maximum absolute atomic E-state index is 12.3. The Kier molecular flexibility index (Phi) is 5.08. The fourth-order valence-electron chi connectivity index (χ4n) is 2.59. The predicted octanol–water partition coefficient (Wildman–Crippen LogP) is 0.772. The summed E-state index contributed by atoms with van der Waals surface area (Å²) in [4.78, 5) is 36.4. The van der Waals surface area contributed by atoms with Gasteiger partial charge in [0.05, 0.1) is 7.11 Å². The molecular weight excluding hydrogens is 322 g/mol. The molecule has 25 heavy (non-hydrogen) atoms. The molecule has 1 aliphatic rings. The Morgan fingerprint density at radius 3 is 2.48 bits per heavy atom. The molecule has 3 rings (SSSR count). The minimum Gasteiger partial charge on any atom is -0.497 e. The number of anilines is 2. The number of amides is 2. The third kappa shape index (κ3) is 4.03. The topological polar surface area (TPSA) is 87.7 Å². The molecule has 1 fully saturated rings. The lowest BCUT2D eigenvalue weighted by Gasteiger charge is -2.34. The van der Waals surface area contributed by atoms with Crippen molar-refractivity contribution in [3.8, 4) is 5.75 Å². The number of carbonyl (C=O) groups is 2. The van der Waals surface area contributed by atoms with Crippen LogP contribution < -0.4 is 15.0 Å². The summed E-state index contributed by atoms with van der Waals surface area (Å²) in [7, 11) is 1.54. The van der Waals surface area contributed by atoms with E-state index in [0.717, 1.165) is 0 Å². The molecule has 2 heterocycles. The van der Waals surface area contributed by atoms with Crippen molar-refractivity contribution >= 4 is 23.5 Å². The first-order valence-electron chi connectivity index (χ1n) is 7.93. The molecule has 8 heteroatoms. The van der Waals surface area contributed by atoms with Gasteiger partial charge in [0.1, 0.15) is 5.75 Å². The van der Waals surface area contributed by atoms with Crippen LogP contribution in [0.3, 0.4) is 0 Å². The maximum Gasteiger partial charge on any atom is 0.313 e. The fourth-order valence-corrected chi connectivity index (χ4v) is 2.59. The van der Waals surface area contributed by atoms with Crippen molar-refractivity contribution in [2.75, 3.05) is 43.5 Å². The van der Waals surface area contributed by atoms with Crippen molar-refractivity contribution in [2.24, 2.45) is 0 Å². The third-order valence-corrected chi connectivity index (χ3v) is 3.92. The Labute approximate surface area is 145 Å². The average molecular weight is 341 g/mol. The van der Waals surface area contributed by atoms with Gasteiger partial charge in [-0.25, -0.2) is 9.97 Å². The van der Waals surface area contributed by atoms with E-state index in [1.807, 2.05) is 4.90 Å². The van der Waals surface area contributed by atoms with Crippen LogP contribution in [-0.2, 0) is 9.59 Å². The highest BCUT2D eigenvalue weighted by Crippen LogP contribution is 2.17. The van der Waals surface area contributed by atoms with Crippen molar-refractivity contribution in [3.05, 3.63) is 42.7 Å². The van der Waals surface area contributed by atoms with E-state index >= 15 is 0 Å². The lowest BCUT2D eigenvalue weighted by atomic mass is 10.3. The summed E-state index contributed by atoms with van der Waals surface area (Å²) in [5.41, 5.74) is 0.522. The van der Waals surface area contributed by atoms with Gasteiger partial charge in [0, 0.05) is 50.3 Å². The summed E-state index contributed by atoms with van der Waals surface area (Å²) >= 11 is 0. The molecule has 0 aliphatic carbocycles. The van der Waals surface area contributed by atoms with Gasteiger partial charge in [-0.05, 0) is 18.2 Å². The Hall–Kier alpha value is -3.16. The van der Waals surface area contributed by atoms with Crippen LogP contribution in [0.25, 0.3) is 0 Å². The van der Waals surface area contributed by atoms with Gasteiger partial charge in [0.2, 0.25) is 5.95 Å². The highest BCUT2D eigenvalue weighted by atomic mass is 16.5. The molecule has 0 saturated carbocycles. The van der Waals surface area contributed by atoms with Gasteiger partial charge >= 0.3 is 11.8 Å². The number of piperazine rings is 1. The maximum atomic E-state index is 12.3. The second-order valence-corrected chi connectivity index (χ2v) is 5.51. The van der Waals surface area contributed by atoms with Crippen LogP contribution in [0.15, 0.2) is 42.7 Å². The van der Waals surface area contributed by atoms with Gasteiger partial charge in [0.15, 0.2) is 0 Å². The molecule has 0 spiro atoms. The van der Waals surface area contributed by atoms with Crippen LogP contribution in [0.4, 0.5) is 11.6 Å². The Morgan fingerprint density at radius 2 is 1.80 bits per heavy atom. The molecule has 1 aromatic heterocycles. The lowest BCUT2D eigenvalue weighted by Crippen LogP contribution is -2.52. The minimum atomic E-state index is -0.655. The number of carbonyl (C=O) groups excluding carboxylic acids is 2. The van der Waals surface area contributed by atoms with E-state index in [2.05, 4.69) is 15.3 Å². The molecule has 0 radical (unpaired) electrons. The zero-order valence-electron chi connectivity index (χ0n) is 13.9. The van der Waals surface area contributed by atoms with E-state index in [-0.39, 0.29) is 0 Å². The Morgan fingerprint density at radius 1 is 1.08 bits per heavy atom. The van der Waals surface area contributed by atoms with Crippen LogP contribution in [-0.4, -0.2) is 60.0 Å². The summed E-state index contributed by atoms with van der Waals surface area (Å²) in [6.07, 6.45) is 3.36. The summed E-state index contributed by atoms with van der Waals surface area (Å²) in [5, 5.41) is 2.61. The van der Waals surface area contributed by atoms with E-state index in [9.17, 15) is 9.59 Å². The molecular formula is C17H19N5O3. The Balaban J connectivity index is 1.56. The van der Waals surface area contributed by atoms with Gasteiger partial charge in [-0.15, -0.1) is 0 Å². The quantitative estimate of drug-likeness (QED) is 0.830. The van der Waals surface area contributed by atoms with E-state index < -0.39 is 11.8 Å². The van der Waals surface area contributed by atoms with Crippen LogP contribution in [0.1, 0.15) is 0 Å². The smallest absolute Gasteiger partial charge is 0.313 e. The van der Waals surface area contributed by atoms with Crippen molar-refractivity contribution in [2.45, 2.75) is 0 Å². The number of nitrogens with zero attached hydrogens (tertiary/aromatic N) is 4. The standard InChI is InChI=1S/C17H19N5O3/c1-25-14-5-2-4-13(12-14)20-15(23)16(24)21-8-10-22(11-9-21)17-18-6-3-7-19-17/h2-7,12H,8-11H2,1H3,(H,20,23). The van der Waals surface area contributed by atoms with Crippen molar-refractivity contribution in [1.82, 2.24) is 14.9 Å². The molecule has 1 aromatic carbocycles. The van der Waals surface area contributed by atoms with Gasteiger partial charge in [-0.3, -0.25) is 9.59 Å². The molecule has 0 unspecified atom stereocenters. The van der Waals surface area contributed by atoms with E-state index in [1.54, 1.807) is 49.8 Å². The first kappa shape index (κ1) is 16.7. The van der Waals surface area contributed by atoms with Gasteiger partial charge in [0.25, 0.3) is 0 Å². The monoisotopic (exact) mass is 341 g/mol. The third-order valence-electron chi connectivity index (χ3n) is 3.92. The zero-order chi connectivity index (χ0) is 17.6. The molecule has 1 N–H and O–H groups in total. The molecule has 130 valence electrons. The molecule has 0 bridgehead atoms. The average Bonchev–Trinajstić information content (AvgIpc) is 2.68. The number of hydrogen-bond acceptors (Lipinski definition) is 6. The van der Waals surface area contributed by atoms with Gasteiger partial charge in [-0.2, -0.15) is 0 Å². The molecule has 0 atom stereocenters. The SMILES string of the molecule is COc1cccc(NC(=O)C(=O)N2CCN(c3ncccn3)CC2)c1. The van der Waals surface area contributed by atoms with Crippen LogP contribution in [0.2, 0.25) is 0 Å². The number of ether oxygens (including phenoxy) is 1. The number of nitrogens with one attached hydrogen (secondary N) is 1. The second kappa shape index (κ2) is 7.61. The first-order chi connectivity index (χ1) is 12.2. The van der Waals surface area contributed by atoms with Crippen molar-refractivity contribution in [1.29, 1.82) is 0 Å². The lowest BCUT2D eigenvalue weighted by molar-refractivity contribution is -0.143. The van der Waals surface area contributed by atoms with Gasteiger partial charge in [-0.1, -0.05) is 6.07 Å². The zero-order valence-corrected chi connectivity index (χ0v) is 13.9. The van der Waals surface area contributed by atoms with Crippen molar-refractivity contribution < 1.29 is 14.3 Å². The first-order valence-corrected chi connectivity index (χ1v) is 7.93.